The third kappa shape index (κ3) is 10.9. The first-order chi connectivity index (χ1) is 24.1. The number of carboxylic acids is 1. The zero-order valence-electron chi connectivity index (χ0n) is 30.4. The van der Waals surface area contributed by atoms with Crippen LogP contribution in [0, 0.1) is 20.8 Å². The quantitative estimate of drug-likeness (QED) is 0.0626. The van der Waals surface area contributed by atoms with Gasteiger partial charge in [-0.3, -0.25) is 14.5 Å². The minimum absolute atomic E-state index is 0.0286. The van der Waals surface area contributed by atoms with E-state index in [1.807, 2.05) is 20.8 Å². The molecule has 2 atom stereocenters. The van der Waals surface area contributed by atoms with Crippen molar-refractivity contribution < 1.29 is 24.2 Å². The maximum Gasteiger partial charge on any atom is 0.352 e. The van der Waals surface area contributed by atoms with Crippen molar-refractivity contribution >= 4 is 57.7 Å². The van der Waals surface area contributed by atoms with Gasteiger partial charge in [-0.15, -0.1) is 23.1 Å². The Bertz CT molecular complexity index is 1510. The topological polar surface area (TPSA) is 135 Å². The second-order valence-corrected chi connectivity index (χ2v) is 15.7. The number of carbonyl (C=O) groups excluding carboxylic acids is 2. The number of unbranched alkanes of at least 4 members (excludes halogenated alkanes) is 13. The van der Waals surface area contributed by atoms with Gasteiger partial charge < -0.3 is 20.9 Å². The standard InChI is InChI=1S/C39H56N4O5S2/c1-5-6-7-8-9-10-11-12-13-14-15-16-17-18-19-48-23-29-24-49-37-33(36(45)43(37)34(29)38(46)47)42-35(44)31(32-25-50-39(40)41-32)22-30-27(3)20-26(2)21-28(30)4/h20-22,25,33,37H,5-19,23-24H2,1-4H3,(H2,40,41)(H,42,44)(H,46,47)/t33?,37-/m0/s1. The van der Waals surface area contributed by atoms with Crippen LogP contribution in [0.3, 0.4) is 0 Å². The van der Waals surface area contributed by atoms with Crippen LogP contribution < -0.4 is 11.1 Å². The highest BCUT2D eigenvalue weighted by Gasteiger charge is 2.54. The lowest BCUT2D eigenvalue weighted by Crippen LogP contribution is -2.70. The molecule has 50 heavy (non-hydrogen) atoms. The van der Waals surface area contributed by atoms with Crippen LogP contribution in [0.1, 0.15) is 125 Å². The highest BCUT2D eigenvalue weighted by molar-refractivity contribution is 8.00. The Kier molecular flexibility index (Phi) is 15.9. The number of carboxylic acid groups (broad SMARTS) is 1. The van der Waals surface area contributed by atoms with Crippen LogP contribution in [0.25, 0.3) is 11.6 Å². The number of ether oxygens (including phenoxy) is 1. The van der Waals surface area contributed by atoms with E-state index < -0.39 is 29.2 Å². The molecule has 0 bridgehead atoms. The normalized spacial score (nSPS) is 17.6. The molecule has 4 rings (SSSR count). The highest BCUT2D eigenvalue weighted by Crippen LogP contribution is 2.41. The molecule has 2 aliphatic rings. The van der Waals surface area contributed by atoms with Crippen molar-refractivity contribution in [3.05, 3.63) is 56.7 Å². The summed E-state index contributed by atoms with van der Waals surface area (Å²) < 4.78 is 5.89. The van der Waals surface area contributed by atoms with Crippen molar-refractivity contribution in [1.82, 2.24) is 15.2 Å². The zero-order chi connectivity index (χ0) is 36.0. The van der Waals surface area contributed by atoms with Gasteiger partial charge in [0.2, 0.25) is 0 Å². The molecule has 1 aromatic heterocycles. The van der Waals surface area contributed by atoms with Gasteiger partial charge in [-0.2, -0.15) is 0 Å². The van der Waals surface area contributed by atoms with Crippen molar-refractivity contribution in [2.45, 2.75) is 129 Å². The molecular weight excluding hydrogens is 669 g/mol. The number of rotatable bonds is 22. The third-order valence-corrected chi connectivity index (χ3v) is 11.5. The summed E-state index contributed by atoms with van der Waals surface area (Å²) in [5, 5.41) is 14.5. The molecule has 274 valence electrons. The zero-order valence-corrected chi connectivity index (χ0v) is 32.0. The van der Waals surface area contributed by atoms with E-state index in [-0.39, 0.29) is 12.3 Å². The summed E-state index contributed by atoms with van der Waals surface area (Å²) in [6.45, 7) is 9.00. The smallest absolute Gasteiger partial charge is 0.352 e. The average molecular weight is 725 g/mol. The number of nitrogen functional groups attached to an aromatic ring is 1. The van der Waals surface area contributed by atoms with Gasteiger partial charge in [0.25, 0.3) is 11.8 Å². The minimum Gasteiger partial charge on any atom is -0.477 e. The molecule has 11 heteroatoms. The van der Waals surface area contributed by atoms with Crippen molar-refractivity contribution in [2.75, 3.05) is 24.7 Å². The molecule has 2 aliphatic heterocycles. The molecule has 0 aliphatic carbocycles. The molecule has 0 spiro atoms. The fraction of sp³-hybridized carbons (Fsp3) is 0.590. The number of hydrogen-bond acceptors (Lipinski definition) is 8. The van der Waals surface area contributed by atoms with Gasteiger partial charge in [0.15, 0.2) is 5.13 Å². The molecule has 0 saturated carbocycles. The Morgan fingerprint density at radius 2 is 1.56 bits per heavy atom. The number of thioether (sulfide) groups is 1. The van der Waals surface area contributed by atoms with E-state index in [0.29, 0.717) is 34.3 Å². The van der Waals surface area contributed by atoms with E-state index in [9.17, 15) is 19.5 Å². The van der Waals surface area contributed by atoms with E-state index in [1.165, 1.54) is 105 Å². The first-order valence-corrected chi connectivity index (χ1v) is 20.3. The predicted octanol–water partition coefficient (Wildman–Crippen LogP) is 8.43. The molecule has 1 unspecified atom stereocenters. The molecule has 1 fully saturated rings. The number of nitrogens with one attached hydrogen (secondary N) is 1. The van der Waals surface area contributed by atoms with Gasteiger partial charge in [-0.1, -0.05) is 108 Å². The summed E-state index contributed by atoms with van der Waals surface area (Å²) in [5.74, 6) is -1.66. The number of amides is 2. The molecule has 1 saturated heterocycles. The fourth-order valence-electron chi connectivity index (χ4n) is 6.84. The number of β-lactam (4-membered cyclic amide) rings is 1. The predicted molar refractivity (Wildman–Crippen MR) is 206 cm³/mol. The number of hydrogen-bond donors (Lipinski definition) is 3. The number of aromatic nitrogens is 1. The molecule has 1 aromatic carbocycles. The van der Waals surface area contributed by atoms with E-state index in [0.717, 1.165) is 35.1 Å². The van der Waals surface area contributed by atoms with Gasteiger partial charge in [0.05, 0.1) is 17.9 Å². The number of aliphatic carboxylic acids is 1. The number of fused-ring (bicyclic) bond motifs is 1. The first kappa shape index (κ1) is 39.6. The lowest BCUT2D eigenvalue weighted by atomic mass is 9.96. The Labute approximate surface area is 306 Å². The number of thiazole rings is 1. The van der Waals surface area contributed by atoms with Crippen LogP contribution in [0.15, 0.2) is 28.8 Å². The summed E-state index contributed by atoms with van der Waals surface area (Å²) in [6, 6.07) is 3.24. The fourth-order valence-corrected chi connectivity index (χ4v) is 8.73. The number of anilines is 1. The molecule has 2 aromatic rings. The summed E-state index contributed by atoms with van der Waals surface area (Å²) in [4.78, 5) is 45.1. The number of aryl methyl sites for hydroxylation is 3. The maximum atomic E-state index is 13.7. The van der Waals surface area contributed by atoms with Crippen LogP contribution in [-0.2, 0) is 19.1 Å². The summed E-state index contributed by atoms with van der Waals surface area (Å²) in [5.41, 5.74) is 11.2. The van der Waals surface area contributed by atoms with Gasteiger partial charge >= 0.3 is 5.97 Å². The second kappa shape index (κ2) is 20.0. The minimum atomic E-state index is -1.16. The molecule has 2 amide bonds. The number of carbonyl (C=O) groups is 3. The lowest BCUT2D eigenvalue weighted by molar-refractivity contribution is -0.150. The van der Waals surface area contributed by atoms with E-state index in [1.54, 1.807) is 11.5 Å². The monoisotopic (exact) mass is 724 g/mol. The number of nitrogens with zero attached hydrogens (tertiary/aromatic N) is 2. The Morgan fingerprint density at radius 1 is 0.980 bits per heavy atom. The molecule has 3 heterocycles. The van der Waals surface area contributed by atoms with Crippen LogP contribution in [0.2, 0.25) is 0 Å². The van der Waals surface area contributed by atoms with Crippen molar-refractivity contribution in [2.24, 2.45) is 0 Å². The largest absolute Gasteiger partial charge is 0.477 e. The number of benzene rings is 1. The SMILES string of the molecule is CCCCCCCCCCCCCCCCOCC1=C(C(=O)O)N2C(=O)C(NC(=O)C(=Cc3c(C)cc(C)cc3C)c3csc(N)n3)[C@@H]2SC1. The summed E-state index contributed by atoms with van der Waals surface area (Å²) in [6.07, 6.45) is 19.8. The Balaban J connectivity index is 1.24. The highest BCUT2D eigenvalue weighted by atomic mass is 32.2. The van der Waals surface area contributed by atoms with Gasteiger partial charge in [0.1, 0.15) is 17.1 Å². The van der Waals surface area contributed by atoms with Crippen LogP contribution in [-0.4, -0.2) is 63.2 Å². The summed E-state index contributed by atoms with van der Waals surface area (Å²) in [7, 11) is 0. The molecule has 0 radical (unpaired) electrons. The van der Waals surface area contributed by atoms with Gasteiger partial charge in [-0.05, 0) is 55.5 Å². The maximum absolute atomic E-state index is 13.7. The van der Waals surface area contributed by atoms with Gasteiger partial charge in [0, 0.05) is 17.7 Å². The van der Waals surface area contributed by atoms with Crippen molar-refractivity contribution in [1.29, 1.82) is 0 Å². The molecule has 4 N–H and O–H groups in total. The summed E-state index contributed by atoms with van der Waals surface area (Å²) >= 11 is 2.68. The lowest BCUT2D eigenvalue weighted by Gasteiger charge is -2.49. The Hall–Kier alpha value is -3.15. The average Bonchev–Trinajstić information content (AvgIpc) is 3.51. The van der Waals surface area contributed by atoms with E-state index >= 15 is 0 Å². The second-order valence-electron chi connectivity index (χ2n) is 13.7. The van der Waals surface area contributed by atoms with Crippen molar-refractivity contribution in [3.63, 3.8) is 0 Å². The van der Waals surface area contributed by atoms with Crippen LogP contribution in [0.5, 0.6) is 0 Å². The van der Waals surface area contributed by atoms with E-state index in [2.05, 4.69) is 29.4 Å². The van der Waals surface area contributed by atoms with Gasteiger partial charge in [-0.25, -0.2) is 9.78 Å². The Morgan fingerprint density at radius 3 is 2.10 bits per heavy atom. The first-order valence-electron chi connectivity index (χ1n) is 18.4. The van der Waals surface area contributed by atoms with Crippen molar-refractivity contribution in [3.8, 4) is 0 Å². The van der Waals surface area contributed by atoms with Crippen LogP contribution in [0.4, 0.5) is 5.13 Å². The number of nitrogens with two attached hydrogens (primary N) is 1. The molecular formula is C39H56N4O5S2. The third-order valence-electron chi connectivity index (χ3n) is 9.52. The van der Waals surface area contributed by atoms with Crippen LogP contribution >= 0.6 is 23.1 Å². The van der Waals surface area contributed by atoms with E-state index in [4.69, 9.17) is 10.5 Å². The molecule has 9 nitrogen and oxygen atoms in total.